The van der Waals surface area contributed by atoms with Crippen molar-refractivity contribution in [1.29, 1.82) is 0 Å². The van der Waals surface area contributed by atoms with Crippen LogP contribution < -0.4 is 9.47 Å². The van der Waals surface area contributed by atoms with Gasteiger partial charge in [0, 0.05) is 43.2 Å². The van der Waals surface area contributed by atoms with Crippen molar-refractivity contribution < 1.29 is 28.2 Å². The number of carbonyl (C=O) groups is 2. The van der Waals surface area contributed by atoms with Gasteiger partial charge in [-0.25, -0.2) is 9.40 Å². The van der Waals surface area contributed by atoms with E-state index in [-0.39, 0.29) is 31.3 Å². The predicted octanol–water partition coefficient (Wildman–Crippen LogP) is 3.65. The number of ether oxygens (including phenoxy) is 3. The van der Waals surface area contributed by atoms with Gasteiger partial charge >= 0.3 is 0 Å². The van der Waals surface area contributed by atoms with Crippen molar-refractivity contribution in [3.63, 3.8) is 0 Å². The highest BCUT2D eigenvalue weighted by Gasteiger charge is 2.36. The molecule has 9 heteroatoms. The van der Waals surface area contributed by atoms with Crippen molar-refractivity contribution in [2.24, 2.45) is 11.0 Å². The Hall–Kier alpha value is -3.46. The molecule has 0 bridgehead atoms. The highest BCUT2D eigenvalue weighted by atomic mass is 19.1. The zero-order chi connectivity index (χ0) is 25.5. The molecule has 2 amide bonds. The summed E-state index contributed by atoms with van der Waals surface area (Å²) in [5.41, 5.74) is 1.61. The number of rotatable bonds is 10. The number of amides is 2. The topological polar surface area (TPSA) is 80.7 Å². The smallest absolute Gasteiger partial charge is 0.262 e. The molecule has 3 rings (SSSR count). The van der Waals surface area contributed by atoms with Gasteiger partial charge in [-0.1, -0.05) is 32.0 Å². The first-order valence-corrected chi connectivity index (χ1v) is 11.4. The van der Waals surface area contributed by atoms with Crippen molar-refractivity contribution >= 4 is 17.5 Å². The predicted molar refractivity (Wildman–Crippen MR) is 130 cm³/mol. The molecule has 0 spiro atoms. The van der Waals surface area contributed by atoms with Gasteiger partial charge in [-0.15, -0.1) is 0 Å². The number of nitrogens with zero attached hydrogens (tertiary/aromatic N) is 3. The van der Waals surface area contributed by atoms with E-state index in [9.17, 15) is 14.0 Å². The summed E-state index contributed by atoms with van der Waals surface area (Å²) in [6.07, 6.45) is 0.283. The second kappa shape index (κ2) is 11.8. The summed E-state index contributed by atoms with van der Waals surface area (Å²) in [6.45, 7) is 3.91. The number of carbonyl (C=O) groups excluding carboxylic acids is 2. The lowest BCUT2D eigenvalue weighted by molar-refractivity contribution is -0.143. The number of methoxy groups -OCH3 is 3. The molecule has 0 saturated carbocycles. The van der Waals surface area contributed by atoms with Gasteiger partial charge in [0.05, 0.1) is 32.6 Å². The minimum absolute atomic E-state index is 0.168. The molecule has 0 N–H and O–H groups in total. The molecular formula is C26H32FN3O5. The minimum Gasteiger partial charge on any atom is -0.497 e. The molecule has 1 aliphatic rings. The van der Waals surface area contributed by atoms with Gasteiger partial charge in [0.2, 0.25) is 5.91 Å². The first-order valence-electron chi connectivity index (χ1n) is 11.4. The zero-order valence-corrected chi connectivity index (χ0v) is 20.8. The van der Waals surface area contributed by atoms with E-state index in [0.717, 1.165) is 0 Å². The van der Waals surface area contributed by atoms with Gasteiger partial charge in [-0.3, -0.25) is 9.59 Å². The third-order valence-corrected chi connectivity index (χ3v) is 5.85. The molecule has 0 unspecified atom stereocenters. The van der Waals surface area contributed by atoms with Gasteiger partial charge in [-0.05, 0) is 18.2 Å². The molecule has 2 aromatic carbocycles. The maximum atomic E-state index is 14.8. The van der Waals surface area contributed by atoms with Crippen molar-refractivity contribution in [3.8, 4) is 11.5 Å². The molecule has 0 saturated heterocycles. The van der Waals surface area contributed by atoms with E-state index in [1.807, 2.05) is 0 Å². The van der Waals surface area contributed by atoms with Crippen LogP contribution in [0.1, 0.15) is 37.4 Å². The summed E-state index contributed by atoms with van der Waals surface area (Å²) in [7, 11) is 4.63. The maximum Gasteiger partial charge on any atom is 0.262 e. The Morgan fingerprint density at radius 3 is 2.51 bits per heavy atom. The number of hydrazone groups is 1. The monoisotopic (exact) mass is 485 g/mol. The molecule has 35 heavy (non-hydrogen) atoms. The third-order valence-electron chi connectivity index (χ3n) is 5.85. The molecule has 0 aliphatic carbocycles. The number of benzene rings is 2. The second-order valence-corrected chi connectivity index (χ2v) is 8.50. The number of halogens is 1. The average Bonchev–Trinajstić information content (AvgIpc) is 3.30. The maximum absolute atomic E-state index is 14.8. The summed E-state index contributed by atoms with van der Waals surface area (Å²) in [6, 6.07) is 11.0. The molecule has 2 aromatic rings. The standard InChI is InChI=1S/C26H32FN3O5/c1-17(2)26(32)29(12-13-33-3)16-25(31)30-23(19-8-6-7-9-21(19)27)15-22(28-30)20-11-10-18(34-4)14-24(20)35-5/h6-11,14,17,23H,12-13,15-16H2,1-5H3/t23-/m1/s1. The summed E-state index contributed by atoms with van der Waals surface area (Å²) >= 11 is 0. The first-order chi connectivity index (χ1) is 16.8. The normalized spacial score (nSPS) is 15.2. The van der Waals surface area contributed by atoms with Gasteiger partial charge in [-0.2, -0.15) is 5.10 Å². The van der Waals surface area contributed by atoms with E-state index < -0.39 is 17.8 Å². The van der Waals surface area contributed by atoms with Crippen molar-refractivity contribution in [2.45, 2.75) is 26.3 Å². The highest BCUT2D eigenvalue weighted by molar-refractivity contribution is 6.05. The first kappa shape index (κ1) is 26.2. The molecule has 0 aromatic heterocycles. The Labute approximate surface area is 205 Å². The molecule has 0 radical (unpaired) electrons. The Balaban J connectivity index is 1.98. The van der Waals surface area contributed by atoms with E-state index in [2.05, 4.69) is 5.10 Å². The molecule has 1 atom stereocenters. The molecule has 1 heterocycles. The Morgan fingerprint density at radius 2 is 1.89 bits per heavy atom. The van der Waals surface area contributed by atoms with Crippen LogP contribution in [0.5, 0.6) is 11.5 Å². The minimum atomic E-state index is -0.663. The van der Waals surface area contributed by atoms with Crippen LogP contribution in [0.25, 0.3) is 0 Å². The molecule has 0 fully saturated rings. The summed E-state index contributed by atoms with van der Waals surface area (Å²) < 4.78 is 30.7. The Kier molecular flexibility index (Phi) is 8.81. The van der Waals surface area contributed by atoms with Gasteiger partial charge in [0.15, 0.2) is 0 Å². The van der Waals surface area contributed by atoms with Crippen LogP contribution in [0.15, 0.2) is 47.6 Å². The zero-order valence-electron chi connectivity index (χ0n) is 20.8. The van der Waals surface area contributed by atoms with Crippen molar-refractivity contribution in [3.05, 3.63) is 59.4 Å². The SMILES string of the molecule is COCCN(CC(=O)N1N=C(c2ccc(OC)cc2OC)C[C@@H]1c1ccccc1F)C(=O)C(C)C. The number of hydrogen-bond donors (Lipinski definition) is 0. The molecule has 1 aliphatic heterocycles. The lowest BCUT2D eigenvalue weighted by atomic mass is 9.97. The van der Waals surface area contributed by atoms with Gasteiger partial charge < -0.3 is 19.1 Å². The van der Waals surface area contributed by atoms with Crippen LogP contribution >= 0.6 is 0 Å². The fourth-order valence-electron chi connectivity index (χ4n) is 4.00. The average molecular weight is 486 g/mol. The summed E-state index contributed by atoms with van der Waals surface area (Å²) in [5.74, 6) is -0.153. The van der Waals surface area contributed by atoms with E-state index in [4.69, 9.17) is 14.2 Å². The van der Waals surface area contributed by atoms with Crippen LogP contribution in [-0.2, 0) is 14.3 Å². The van der Waals surface area contributed by atoms with Gasteiger partial charge in [0.1, 0.15) is 23.9 Å². The third kappa shape index (κ3) is 5.97. The lowest BCUT2D eigenvalue weighted by Gasteiger charge is -2.28. The van der Waals surface area contributed by atoms with Crippen LogP contribution in [0.3, 0.4) is 0 Å². The highest BCUT2D eigenvalue weighted by Crippen LogP contribution is 2.37. The fourth-order valence-corrected chi connectivity index (χ4v) is 4.00. The molecule has 188 valence electrons. The van der Waals surface area contributed by atoms with Crippen LogP contribution in [-0.4, -0.2) is 68.5 Å². The second-order valence-electron chi connectivity index (χ2n) is 8.50. The fraction of sp³-hybridized carbons (Fsp3) is 0.423. The number of hydrogen-bond acceptors (Lipinski definition) is 6. The van der Waals surface area contributed by atoms with Crippen LogP contribution in [0.4, 0.5) is 4.39 Å². The van der Waals surface area contributed by atoms with Crippen molar-refractivity contribution in [2.75, 3.05) is 41.0 Å². The molecular weight excluding hydrogens is 453 g/mol. The van der Waals surface area contributed by atoms with Crippen LogP contribution in [0.2, 0.25) is 0 Å². The van der Waals surface area contributed by atoms with Gasteiger partial charge in [0.25, 0.3) is 5.91 Å². The lowest BCUT2D eigenvalue weighted by Crippen LogP contribution is -2.44. The Bertz CT molecular complexity index is 1090. The molecule has 8 nitrogen and oxygen atoms in total. The van der Waals surface area contributed by atoms with E-state index in [1.54, 1.807) is 57.4 Å². The van der Waals surface area contributed by atoms with Crippen LogP contribution in [0, 0.1) is 11.7 Å². The summed E-state index contributed by atoms with van der Waals surface area (Å²) in [4.78, 5) is 27.6. The largest absolute Gasteiger partial charge is 0.497 e. The van der Waals surface area contributed by atoms with E-state index >= 15 is 0 Å². The van der Waals surface area contributed by atoms with E-state index in [1.165, 1.54) is 30.2 Å². The Morgan fingerprint density at radius 1 is 1.14 bits per heavy atom. The summed E-state index contributed by atoms with van der Waals surface area (Å²) in [5, 5.41) is 5.89. The quantitative estimate of drug-likeness (QED) is 0.513. The van der Waals surface area contributed by atoms with E-state index in [0.29, 0.717) is 34.9 Å². The van der Waals surface area contributed by atoms with Crippen molar-refractivity contribution in [1.82, 2.24) is 9.91 Å².